The van der Waals surface area contributed by atoms with Gasteiger partial charge in [-0.1, -0.05) is 49.6 Å². The summed E-state index contributed by atoms with van der Waals surface area (Å²) in [6, 6.07) is 14.9. The summed E-state index contributed by atoms with van der Waals surface area (Å²) in [7, 11) is 0. The second-order valence-electron chi connectivity index (χ2n) is 6.40. The van der Waals surface area contributed by atoms with Crippen molar-refractivity contribution in [3.05, 3.63) is 77.1 Å². The monoisotopic (exact) mass is 379 g/mol. The molecule has 27 heavy (non-hydrogen) atoms. The predicted molar refractivity (Wildman–Crippen MR) is 110 cm³/mol. The largest absolute Gasteiger partial charge is 0.307 e. The van der Waals surface area contributed by atoms with Gasteiger partial charge in [-0.2, -0.15) is 0 Å². The number of rotatable bonds is 7. The number of amides is 1. The summed E-state index contributed by atoms with van der Waals surface area (Å²) >= 11 is 5.80. The lowest BCUT2D eigenvalue weighted by Crippen LogP contribution is -2.12. The number of nitrogens with one attached hydrogen (secondary N) is 1. The van der Waals surface area contributed by atoms with Gasteiger partial charge in [0, 0.05) is 23.5 Å². The first-order chi connectivity index (χ1) is 13.2. The molecule has 0 bridgehead atoms. The number of anilines is 1. The highest BCUT2D eigenvalue weighted by molar-refractivity contribution is 6.30. The number of unbranched alkanes of at least 4 members (excludes halogenated alkanes) is 2. The van der Waals surface area contributed by atoms with Crippen molar-refractivity contribution in [3.8, 4) is 11.3 Å². The lowest BCUT2D eigenvalue weighted by molar-refractivity contribution is 0.102. The number of carbonyl (C=O) groups is 1. The number of nitrogens with zero attached hydrogens (tertiary/aromatic N) is 2. The molecule has 0 aliphatic rings. The molecule has 3 rings (SSSR count). The number of aromatic nitrogens is 2. The molecular weight excluding hydrogens is 358 g/mol. The van der Waals surface area contributed by atoms with Crippen molar-refractivity contribution in [1.82, 2.24) is 9.97 Å². The van der Waals surface area contributed by atoms with Crippen molar-refractivity contribution in [2.75, 3.05) is 5.32 Å². The van der Waals surface area contributed by atoms with Crippen LogP contribution in [0.25, 0.3) is 11.3 Å². The zero-order valence-corrected chi connectivity index (χ0v) is 16.0. The van der Waals surface area contributed by atoms with E-state index in [1.54, 1.807) is 24.3 Å². The molecular formula is C22H22ClN3O. The first-order valence-electron chi connectivity index (χ1n) is 9.14. The van der Waals surface area contributed by atoms with E-state index in [0.717, 1.165) is 17.7 Å². The summed E-state index contributed by atoms with van der Waals surface area (Å²) < 4.78 is 0. The van der Waals surface area contributed by atoms with Crippen LogP contribution in [0.3, 0.4) is 0 Å². The van der Waals surface area contributed by atoms with Gasteiger partial charge in [-0.15, -0.1) is 0 Å². The van der Waals surface area contributed by atoms with Crippen molar-refractivity contribution in [2.24, 2.45) is 0 Å². The summed E-state index contributed by atoms with van der Waals surface area (Å²) in [6.45, 7) is 2.21. The Labute approximate surface area is 164 Å². The van der Waals surface area contributed by atoms with Crippen molar-refractivity contribution < 1.29 is 4.79 Å². The predicted octanol–water partition coefficient (Wildman–Crippen LogP) is 5.78. The summed E-state index contributed by atoms with van der Waals surface area (Å²) in [6.07, 6.45) is 8.18. The van der Waals surface area contributed by atoms with Crippen molar-refractivity contribution >= 4 is 23.3 Å². The van der Waals surface area contributed by atoms with E-state index in [2.05, 4.69) is 28.3 Å². The van der Waals surface area contributed by atoms with Gasteiger partial charge >= 0.3 is 0 Å². The highest BCUT2D eigenvalue weighted by Crippen LogP contribution is 2.19. The number of halogens is 1. The fraction of sp³-hybridized carbons (Fsp3) is 0.227. The van der Waals surface area contributed by atoms with Crippen LogP contribution in [0.1, 0.15) is 42.1 Å². The molecule has 0 atom stereocenters. The normalized spacial score (nSPS) is 10.6. The average Bonchev–Trinajstić information content (AvgIpc) is 2.70. The van der Waals surface area contributed by atoms with Gasteiger partial charge in [0.1, 0.15) is 5.82 Å². The lowest BCUT2D eigenvalue weighted by atomic mass is 10.1. The molecule has 0 saturated carbocycles. The Morgan fingerprint density at radius 2 is 1.78 bits per heavy atom. The molecule has 3 aromatic rings. The smallest absolute Gasteiger partial charge is 0.256 e. The third-order valence-electron chi connectivity index (χ3n) is 4.31. The number of benzene rings is 1. The van der Waals surface area contributed by atoms with Gasteiger partial charge in [-0.05, 0) is 48.7 Å². The van der Waals surface area contributed by atoms with Crippen molar-refractivity contribution in [2.45, 2.75) is 32.6 Å². The highest BCUT2D eigenvalue weighted by atomic mass is 35.5. The average molecular weight is 380 g/mol. The third kappa shape index (κ3) is 5.38. The van der Waals surface area contributed by atoms with Gasteiger partial charge in [0.2, 0.25) is 0 Å². The molecule has 0 aliphatic carbocycles. The Morgan fingerprint density at radius 1 is 0.963 bits per heavy atom. The van der Waals surface area contributed by atoms with Crippen LogP contribution in [0.2, 0.25) is 5.02 Å². The minimum absolute atomic E-state index is 0.212. The fourth-order valence-electron chi connectivity index (χ4n) is 2.75. The third-order valence-corrected chi connectivity index (χ3v) is 4.53. The summed E-state index contributed by atoms with van der Waals surface area (Å²) in [5.74, 6) is 0.254. The molecule has 1 N–H and O–H groups in total. The zero-order valence-electron chi connectivity index (χ0n) is 15.3. The zero-order chi connectivity index (χ0) is 19.1. The molecule has 0 spiro atoms. The summed E-state index contributed by atoms with van der Waals surface area (Å²) in [4.78, 5) is 20.9. The number of pyridine rings is 2. The molecule has 4 nitrogen and oxygen atoms in total. The van der Waals surface area contributed by atoms with E-state index in [4.69, 9.17) is 11.6 Å². The fourth-order valence-corrected chi connectivity index (χ4v) is 2.86. The first kappa shape index (κ1) is 19.1. The van der Waals surface area contributed by atoms with Crippen LogP contribution >= 0.6 is 11.6 Å². The Kier molecular flexibility index (Phi) is 6.55. The lowest BCUT2D eigenvalue weighted by Gasteiger charge is -2.06. The Morgan fingerprint density at radius 3 is 2.41 bits per heavy atom. The van der Waals surface area contributed by atoms with E-state index in [9.17, 15) is 4.79 Å². The van der Waals surface area contributed by atoms with E-state index < -0.39 is 0 Å². The SMILES string of the molecule is CCCCCc1ccc(-c2ccc(C(=O)Nc3ccc(Cl)cn3)cc2)nc1. The van der Waals surface area contributed by atoms with Crippen LogP contribution in [-0.2, 0) is 6.42 Å². The number of hydrogen-bond acceptors (Lipinski definition) is 3. The van der Waals surface area contributed by atoms with E-state index in [1.807, 2.05) is 24.4 Å². The van der Waals surface area contributed by atoms with Gasteiger partial charge < -0.3 is 5.32 Å². The maximum Gasteiger partial charge on any atom is 0.256 e. The standard InChI is InChI=1S/C22H22ClN3O/c1-2-3-4-5-16-6-12-20(24-14-16)17-7-9-18(10-8-17)22(27)26-21-13-11-19(23)15-25-21/h6-15H,2-5H2,1H3,(H,25,26,27). The second-order valence-corrected chi connectivity index (χ2v) is 6.84. The molecule has 1 amide bonds. The van der Waals surface area contributed by atoms with Gasteiger partial charge in [0.15, 0.2) is 0 Å². The van der Waals surface area contributed by atoms with E-state index in [1.165, 1.54) is 31.0 Å². The van der Waals surface area contributed by atoms with Crippen LogP contribution in [0.4, 0.5) is 5.82 Å². The first-order valence-corrected chi connectivity index (χ1v) is 9.52. The minimum atomic E-state index is -0.212. The van der Waals surface area contributed by atoms with Crippen LogP contribution < -0.4 is 5.32 Å². The summed E-state index contributed by atoms with van der Waals surface area (Å²) in [5.41, 5.74) is 3.71. The van der Waals surface area contributed by atoms with E-state index >= 15 is 0 Å². The quantitative estimate of drug-likeness (QED) is 0.529. The summed E-state index contributed by atoms with van der Waals surface area (Å²) in [5, 5.41) is 3.28. The van der Waals surface area contributed by atoms with Crippen molar-refractivity contribution in [1.29, 1.82) is 0 Å². The molecule has 138 valence electrons. The molecule has 0 fully saturated rings. The number of carbonyl (C=O) groups excluding carboxylic acids is 1. The van der Waals surface area contributed by atoms with Gasteiger partial charge in [0.25, 0.3) is 5.91 Å². The van der Waals surface area contributed by atoms with E-state index in [-0.39, 0.29) is 5.91 Å². The van der Waals surface area contributed by atoms with Crippen LogP contribution in [0.5, 0.6) is 0 Å². The number of hydrogen-bond donors (Lipinski definition) is 1. The van der Waals surface area contributed by atoms with Gasteiger partial charge in [0.05, 0.1) is 10.7 Å². The highest BCUT2D eigenvalue weighted by Gasteiger charge is 2.08. The molecule has 1 aromatic carbocycles. The molecule has 0 unspecified atom stereocenters. The number of aryl methyl sites for hydroxylation is 1. The molecule has 2 aromatic heterocycles. The van der Waals surface area contributed by atoms with E-state index in [0.29, 0.717) is 16.4 Å². The van der Waals surface area contributed by atoms with Crippen LogP contribution in [-0.4, -0.2) is 15.9 Å². The van der Waals surface area contributed by atoms with Gasteiger partial charge in [-0.25, -0.2) is 4.98 Å². The molecule has 0 saturated heterocycles. The van der Waals surface area contributed by atoms with Crippen LogP contribution in [0, 0.1) is 0 Å². The second kappa shape index (κ2) is 9.28. The molecule has 5 heteroatoms. The van der Waals surface area contributed by atoms with Gasteiger partial charge in [-0.3, -0.25) is 9.78 Å². The molecule has 2 heterocycles. The molecule has 0 radical (unpaired) electrons. The minimum Gasteiger partial charge on any atom is -0.307 e. The van der Waals surface area contributed by atoms with Crippen LogP contribution in [0.15, 0.2) is 60.9 Å². The Balaban J connectivity index is 1.64. The maximum absolute atomic E-state index is 12.3. The Bertz CT molecular complexity index is 875. The maximum atomic E-state index is 12.3. The molecule has 0 aliphatic heterocycles. The van der Waals surface area contributed by atoms with Crippen molar-refractivity contribution in [3.63, 3.8) is 0 Å². The topological polar surface area (TPSA) is 54.9 Å². The Hall–Kier alpha value is -2.72.